The van der Waals surface area contributed by atoms with E-state index in [1.165, 1.54) is 11.1 Å². The first-order valence-electron chi connectivity index (χ1n) is 4.62. The van der Waals surface area contributed by atoms with E-state index in [2.05, 4.69) is 13.0 Å². The third kappa shape index (κ3) is 1.29. The lowest BCUT2D eigenvalue weighted by Crippen LogP contribution is -2.11. The van der Waals surface area contributed by atoms with Crippen LogP contribution in [0.25, 0.3) is 0 Å². The second-order valence-electron chi connectivity index (χ2n) is 3.74. The molecular weight excluding hydrogens is 160 g/mol. The summed E-state index contributed by atoms with van der Waals surface area (Å²) in [5.74, 6) is 0. The minimum atomic E-state index is -0.384. The molecule has 0 saturated carbocycles. The van der Waals surface area contributed by atoms with Crippen LogP contribution in [-0.2, 0) is 6.42 Å². The van der Waals surface area contributed by atoms with Crippen molar-refractivity contribution in [3.05, 3.63) is 46.5 Å². The average Bonchev–Trinajstić information content (AvgIpc) is 2.15. The van der Waals surface area contributed by atoms with Crippen LogP contribution < -0.4 is 0 Å². The van der Waals surface area contributed by atoms with Gasteiger partial charge >= 0.3 is 0 Å². The standard InChI is InChI=1S/C12H14O/c1-8-7-10-5-3-4-6-11(10)12(13)9(8)2/h3-6,12-13H,7H2,1-2H3. The van der Waals surface area contributed by atoms with E-state index in [4.69, 9.17) is 0 Å². The Bertz CT molecular complexity index is 363. The zero-order valence-electron chi connectivity index (χ0n) is 8.04. The average molecular weight is 174 g/mol. The van der Waals surface area contributed by atoms with Crippen LogP contribution in [0.15, 0.2) is 35.4 Å². The summed E-state index contributed by atoms with van der Waals surface area (Å²) < 4.78 is 0. The van der Waals surface area contributed by atoms with Crippen molar-refractivity contribution in [2.75, 3.05) is 0 Å². The molecule has 0 aliphatic heterocycles. The Balaban J connectivity index is 2.52. The Kier molecular flexibility index (Phi) is 1.97. The molecule has 0 bridgehead atoms. The molecule has 68 valence electrons. The summed E-state index contributed by atoms with van der Waals surface area (Å²) in [4.78, 5) is 0. The minimum absolute atomic E-state index is 0.384. The molecule has 1 atom stereocenters. The first kappa shape index (κ1) is 8.52. The van der Waals surface area contributed by atoms with Crippen molar-refractivity contribution in [1.29, 1.82) is 0 Å². The molecule has 1 N–H and O–H groups in total. The Morgan fingerprint density at radius 1 is 1.23 bits per heavy atom. The number of fused-ring (bicyclic) bond motifs is 1. The first-order valence-corrected chi connectivity index (χ1v) is 4.62. The van der Waals surface area contributed by atoms with Gasteiger partial charge in [0.05, 0.1) is 0 Å². The number of hydrogen-bond donors (Lipinski definition) is 1. The Morgan fingerprint density at radius 2 is 1.92 bits per heavy atom. The number of aliphatic hydroxyl groups excluding tert-OH is 1. The lowest BCUT2D eigenvalue weighted by atomic mass is 9.85. The summed E-state index contributed by atoms with van der Waals surface area (Å²) in [6, 6.07) is 8.11. The van der Waals surface area contributed by atoms with Crippen molar-refractivity contribution in [2.24, 2.45) is 0 Å². The Hall–Kier alpha value is -1.08. The predicted molar refractivity (Wildman–Crippen MR) is 53.5 cm³/mol. The second kappa shape index (κ2) is 3.00. The van der Waals surface area contributed by atoms with E-state index in [0.717, 1.165) is 17.6 Å². The molecule has 1 aliphatic rings. The quantitative estimate of drug-likeness (QED) is 0.599. The maximum absolute atomic E-state index is 9.94. The van der Waals surface area contributed by atoms with Crippen LogP contribution in [0.5, 0.6) is 0 Å². The highest BCUT2D eigenvalue weighted by atomic mass is 16.3. The molecule has 0 spiro atoms. The SMILES string of the molecule is CC1=C(C)C(O)c2ccccc2C1. The van der Waals surface area contributed by atoms with Gasteiger partial charge in [0, 0.05) is 0 Å². The van der Waals surface area contributed by atoms with Crippen LogP contribution >= 0.6 is 0 Å². The van der Waals surface area contributed by atoms with Crippen LogP contribution in [0, 0.1) is 0 Å². The first-order chi connectivity index (χ1) is 6.20. The van der Waals surface area contributed by atoms with Gasteiger partial charge in [-0.2, -0.15) is 0 Å². The van der Waals surface area contributed by atoms with Crippen molar-refractivity contribution >= 4 is 0 Å². The summed E-state index contributed by atoms with van der Waals surface area (Å²) in [6.07, 6.45) is 0.601. The van der Waals surface area contributed by atoms with Crippen molar-refractivity contribution in [1.82, 2.24) is 0 Å². The summed E-state index contributed by atoms with van der Waals surface area (Å²) in [5.41, 5.74) is 4.74. The molecule has 0 fully saturated rings. The monoisotopic (exact) mass is 174 g/mol. The van der Waals surface area contributed by atoms with Gasteiger partial charge in [-0.15, -0.1) is 0 Å². The van der Waals surface area contributed by atoms with Crippen molar-refractivity contribution < 1.29 is 5.11 Å². The fourth-order valence-corrected chi connectivity index (χ4v) is 1.85. The van der Waals surface area contributed by atoms with E-state index in [-0.39, 0.29) is 6.10 Å². The maximum atomic E-state index is 9.94. The zero-order chi connectivity index (χ0) is 9.42. The van der Waals surface area contributed by atoms with E-state index in [9.17, 15) is 5.11 Å². The molecule has 1 aliphatic carbocycles. The minimum Gasteiger partial charge on any atom is -0.384 e. The van der Waals surface area contributed by atoms with Gasteiger partial charge in [-0.1, -0.05) is 29.8 Å². The number of rotatable bonds is 0. The van der Waals surface area contributed by atoms with Crippen molar-refractivity contribution in [3.8, 4) is 0 Å². The van der Waals surface area contributed by atoms with Gasteiger partial charge in [-0.3, -0.25) is 0 Å². The molecule has 1 aromatic carbocycles. The lowest BCUT2D eigenvalue weighted by molar-refractivity contribution is 0.210. The molecule has 0 amide bonds. The largest absolute Gasteiger partial charge is 0.384 e. The molecule has 1 aromatic rings. The molecule has 0 aromatic heterocycles. The highest BCUT2D eigenvalue weighted by Crippen LogP contribution is 2.33. The third-order valence-electron chi connectivity index (χ3n) is 2.89. The molecule has 0 radical (unpaired) electrons. The van der Waals surface area contributed by atoms with Crippen LogP contribution in [0.2, 0.25) is 0 Å². The molecule has 1 unspecified atom stereocenters. The second-order valence-corrected chi connectivity index (χ2v) is 3.74. The van der Waals surface area contributed by atoms with Gasteiger partial charge in [-0.25, -0.2) is 0 Å². The zero-order valence-corrected chi connectivity index (χ0v) is 8.04. The highest BCUT2D eigenvalue weighted by Gasteiger charge is 2.20. The molecule has 1 nitrogen and oxygen atoms in total. The lowest BCUT2D eigenvalue weighted by Gasteiger charge is -2.24. The molecule has 13 heavy (non-hydrogen) atoms. The van der Waals surface area contributed by atoms with E-state index in [1.54, 1.807) is 0 Å². The molecule has 2 rings (SSSR count). The Morgan fingerprint density at radius 3 is 2.69 bits per heavy atom. The number of benzene rings is 1. The van der Waals surface area contributed by atoms with Crippen LogP contribution in [-0.4, -0.2) is 5.11 Å². The van der Waals surface area contributed by atoms with Gasteiger partial charge in [-0.05, 0) is 37.0 Å². The predicted octanol–water partition coefficient (Wildman–Crippen LogP) is 2.61. The Labute approximate surface area is 78.7 Å². The number of aliphatic hydroxyl groups is 1. The number of allylic oxidation sites excluding steroid dienone is 1. The number of hydrogen-bond acceptors (Lipinski definition) is 1. The highest BCUT2D eigenvalue weighted by molar-refractivity contribution is 5.41. The molecule has 0 heterocycles. The fourth-order valence-electron chi connectivity index (χ4n) is 1.85. The van der Waals surface area contributed by atoms with Crippen LogP contribution in [0.3, 0.4) is 0 Å². The summed E-state index contributed by atoms with van der Waals surface area (Å²) in [7, 11) is 0. The fraction of sp³-hybridized carbons (Fsp3) is 0.333. The van der Waals surface area contributed by atoms with Crippen LogP contribution in [0.4, 0.5) is 0 Å². The van der Waals surface area contributed by atoms with E-state index < -0.39 is 0 Å². The molecule has 1 heteroatoms. The van der Waals surface area contributed by atoms with Crippen molar-refractivity contribution in [3.63, 3.8) is 0 Å². The topological polar surface area (TPSA) is 20.2 Å². The van der Waals surface area contributed by atoms with Gasteiger partial charge in [0.25, 0.3) is 0 Å². The molecule has 0 saturated heterocycles. The van der Waals surface area contributed by atoms with Gasteiger partial charge < -0.3 is 5.11 Å². The van der Waals surface area contributed by atoms with Crippen molar-refractivity contribution in [2.45, 2.75) is 26.4 Å². The smallest absolute Gasteiger partial charge is 0.100 e. The maximum Gasteiger partial charge on any atom is 0.100 e. The summed E-state index contributed by atoms with van der Waals surface area (Å²) in [6.45, 7) is 4.10. The van der Waals surface area contributed by atoms with Gasteiger partial charge in [0.2, 0.25) is 0 Å². The van der Waals surface area contributed by atoms with E-state index >= 15 is 0 Å². The van der Waals surface area contributed by atoms with Gasteiger partial charge in [0.1, 0.15) is 6.10 Å². The summed E-state index contributed by atoms with van der Waals surface area (Å²) >= 11 is 0. The third-order valence-corrected chi connectivity index (χ3v) is 2.89. The van der Waals surface area contributed by atoms with Gasteiger partial charge in [0.15, 0.2) is 0 Å². The van der Waals surface area contributed by atoms with E-state index in [1.807, 2.05) is 25.1 Å². The normalized spacial score (nSPS) is 21.6. The van der Waals surface area contributed by atoms with E-state index in [0.29, 0.717) is 0 Å². The summed E-state index contributed by atoms with van der Waals surface area (Å²) in [5, 5.41) is 9.94. The van der Waals surface area contributed by atoms with Crippen LogP contribution in [0.1, 0.15) is 31.1 Å². The molecular formula is C12H14O.